The van der Waals surface area contributed by atoms with Crippen molar-refractivity contribution in [2.75, 3.05) is 45.4 Å². The first kappa shape index (κ1) is 15.8. The molecule has 0 saturated carbocycles. The minimum atomic E-state index is 0.453. The molecule has 2 aromatic heterocycles. The average molecular weight is 292 g/mol. The Balaban J connectivity index is 2.28. The topological polar surface area (TPSA) is 65.0 Å². The van der Waals surface area contributed by atoms with Crippen LogP contribution < -0.4 is 10.6 Å². The fourth-order valence-corrected chi connectivity index (χ4v) is 2.40. The highest BCUT2D eigenvalue weighted by molar-refractivity contribution is 5.56. The molecule has 2 heterocycles. The van der Waals surface area contributed by atoms with Crippen molar-refractivity contribution in [2.45, 2.75) is 13.0 Å². The van der Waals surface area contributed by atoms with Gasteiger partial charge in [-0.3, -0.25) is 0 Å². The first-order chi connectivity index (χ1) is 10.3. The van der Waals surface area contributed by atoms with Crippen LogP contribution in [0.3, 0.4) is 0 Å². The lowest BCUT2D eigenvalue weighted by Gasteiger charge is -2.23. The predicted molar refractivity (Wildman–Crippen MR) is 83.7 cm³/mol. The van der Waals surface area contributed by atoms with Crippen LogP contribution >= 0.6 is 0 Å². The zero-order valence-corrected chi connectivity index (χ0v) is 12.8. The Labute approximate surface area is 125 Å². The molecule has 6 nitrogen and oxygen atoms in total. The molecule has 0 aliphatic rings. The van der Waals surface area contributed by atoms with Crippen molar-refractivity contribution in [1.29, 1.82) is 0 Å². The summed E-state index contributed by atoms with van der Waals surface area (Å²) in [6.45, 7) is 3.50. The fraction of sp³-hybridized carbons (Fsp3) is 0.533. The van der Waals surface area contributed by atoms with Crippen molar-refractivity contribution < 1.29 is 9.47 Å². The summed E-state index contributed by atoms with van der Waals surface area (Å²) in [7, 11) is 3.43. The smallest absolute Gasteiger partial charge is 0.152 e. The van der Waals surface area contributed by atoms with Gasteiger partial charge in [0, 0.05) is 46.7 Å². The second-order valence-electron chi connectivity index (χ2n) is 4.84. The Morgan fingerprint density at radius 1 is 1.19 bits per heavy atom. The van der Waals surface area contributed by atoms with E-state index in [0.29, 0.717) is 13.2 Å². The van der Waals surface area contributed by atoms with Crippen LogP contribution in [0.4, 0.5) is 5.82 Å². The molecule has 0 atom stereocenters. The summed E-state index contributed by atoms with van der Waals surface area (Å²) in [5.74, 6) is 0.942. The second kappa shape index (κ2) is 7.97. The number of ether oxygens (including phenoxy) is 2. The van der Waals surface area contributed by atoms with Gasteiger partial charge in [0.15, 0.2) is 5.82 Å². The molecular formula is C15H24N4O2. The quantitative estimate of drug-likeness (QED) is 0.705. The Morgan fingerprint density at radius 2 is 2.00 bits per heavy atom. The van der Waals surface area contributed by atoms with Crippen LogP contribution in [-0.4, -0.2) is 49.9 Å². The number of methoxy groups -OCH3 is 2. The molecule has 2 aromatic rings. The molecule has 0 bridgehead atoms. The maximum absolute atomic E-state index is 5.94. The lowest BCUT2D eigenvalue weighted by atomic mass is 10.3. The van der Waals surface area contributed by atoms with Crippen LogP contribution in [0.2, 0.25) is 0 Å². The molecule has 0 aliphatic heterocycles. The van der Waals surface area contributed by atoms with Gasteiger partial charge in [0.25, 0.3) is 0 Å². The van der Waals surface area contributed by atoms with E-state index in [-0.39, 0.29) is 0 Å². The minimum Gasteiger partial charge on any atom is -0.385 e. The van der Waals surface area contributed by atoms with E-state index in [2.05, 4.69) is 4.90 Å². The SMILES string of the molecule is COCCCN(CCOC)c1nc2ccccn2c1CN. The van der Waals surface area contributed by atoms with Crippen molar-refractivity contribution in [3.05, 3.63) is 30.1 Å². The maximum Gasteiger partial charge on any atom is 0.152 e. The van der Waals surface area contributed by atoms with Crippen LogP contribution in [0.15, 0.2) is 24.4 Å². The van der Waals surface area contributed by atoms with Crippen LogP contribution in [0.5, 0.6) is 0 Å². The van der Waals surface area contributed by atoms with E-state index >= 15 is 0 Å². The van der Waals surface area contributed by atoms with Gasteiger partial charge in [-0.15, -0.1) is 0 Å². The highest BCUT2D eigenvalue weighted by Gasteiger charge is 2.16. The van der Waals surface area contributed by atoms with Gasteiger partial charge >= 0.3 is 0 Å². The van der Waals surface area contributed by atoms with E-state index in [4.69, 9.17) is 20.2 Å². The van der Waals surface area contributed by atoms with Crippen LogP contribution in [0, 0.1) is 0 Å². The summed E-state index contributed by atoms with van der Waals surface area (Å²) in [6.07, 6.45) is 2.94. The van der Waals surface area contributed by atoms with E-state index in [1.54, 1.807) is 14.2 Å². The summed E-state index contributed by atoms with van der Waals surface area (Å²) in [4.78, 5) is 6.95. The highest BCUT2D eigenvalue weighted by atomic mass is 16.5. The maximum atomic E-state index is 5.94. The number of anilines is 1. The molecule has 0 saturated heterocycles. The van der Waals surface area contributed by atoms with Gasteiger partial charge in [-0.05, 0) is 18.6 Å². The van der Waals surface area contributed by atoms with E-state index in [1.807, 2.05) is 28.8 Å². The molecule has 6 heteroatoms. The number of hydrogen-bond acceptors (Lipinski definition) is 5. The first-order valence-corrected chi connectivity index (χ1v) is 7.20. The third kappa shape index (κ3) is 3.72. The monoisotopic (exact) mass is 292 g/mol. The average Bonchev–Trinajstić information content (AvgIpc) is 2.89. The molecule has 0 aliphatic carbocycles. The number of pyridine rings is 1. The van der Waals surface area contributed by atoms with Crippen LogP contribution in [0.1, 0.15) is 12.1 Å². The molecule has 2 rings (SSSR count). The van der Waals surface area contributed by atoms with E-state index in [0.717, 1.165) is 43.3 Å². The number of aromatic nitrogens is 2. The zero-order valence-electron chi connectivity index (χ0n) is 12.8. The summed E-state index contributed by atoms with van der Waals surface area (Å²) in [5.41, 5.74) is 7.88. The molecule has 0 fully saturated rings. The third-order valence-electron chi connectivity index (χ3n) is 3.44. The van der Waals surface area contributed by atoms with Crippen LogP contribution in [0.25, 0.3) is 5.65 Å². The predicted octanol–water partition coefficient (Wildman–Crippen LogP) is 1.28. The Kier molecular flexibility index (Phi) is 5.98. The molecule has 0 radical (unpaired) electrons. The van der Waals surface area contributed by atoms with Crippen molar-refractivity contribution in [1.82, 2.24) is 9.38 Å². The standard InChI is InChI=1S/C15H24N4O2/c1-20-10-5-7-18(9-11-21-2)15-13(12-16)19-8-4-3-6-14(19)17-15/h3-4,6,8H,5,7,9-12,16H2,1-2H3. The number of hydrogen-bond donors (Lipinski definition) is 1. The van der Waals surface area contributed by atoms with Crippen molar-refractivity contribution in [3.8, 4) is 0 Å². The molecule has 0 aromatic carbocycles. The van der Waals surface area contributed by atoms with Crippen molar-refractivity contribution in [3.63, 3.8) is 0 Å². The van der Waals surface area contributed by atoms with Crippen molar-refractivity contribution >= 4 is 11.5 Å². The van der Waals surface area contributed by atoms with Gasteiger partial charge in [0.05, 0.1) is 12.3 Å². The second-order valence-corrected chi connectivity index (χ2v) is 4.84. The van der Waals surface area contributed by atoms with Gasteiger partial charge < -0.3 is 24.5 Å². The number of rotatable bonds is 9. The molecule has 0 unspecified atom stereocenters. The minimum absolute atomic E-state index is 0.453. The molecule has 116 valence electrons. The van der Waals surface area contributed by atoms with Gasteiger partial charge in [-0.1, -0.05) is 6.07 Å². The summed E-state index contributed by atoms with van der Waals surface area (Å²) in [5, 5.41) is 0. The van der Waals surface area contributed by atoms with E-state index in [1.165, 1.54) is 0 Å². The Morgan fingerprint density at radius 3 is 2.71 bits per heavy atom. The largest absolute Gasteiger partial charge is 0.385 e. The number of fused-ring (bicyclic) bond motifs is 1. The molecular weight excluding hydrogens is 268 g/mol. The number of nitrogens with zero attached hydrogens (tertiary/aromatic N) is 3. The summed E-state index contributed by atoms with van der Waals surface area (Å²) < 4.78 is 12.4. The Bertz CT molecular complexity index is 556. The number of nitrogens with two attached hydrogens (primary N) is 1. The first-order valence-electron chi connectivity index (χ1n) is 7.20. The lowest BCUT2D eigenvalue weighted by molar-refractivity contribution is 0.191. The normalized spacial score (nSPS) is 11.2. The summed E-state index contributed by atoms with van der Waals surface area (Å²) in [6, 6.07) is 5.96. The molecule has 2 N–H and O–H groups in total. The fourth-order valence-electron chi connectivity index (χ4n) is 2.40. The van der Waals surface area contributed by atoms with E-state index in [9.17, 15) is 0 Å². The third-order valence-corrected chi connectivity index (χ3v) is 3.44. The van der Waals surface area contributed by atoms with Crippen LogP contribution in [-0.2, 0) is 16.0 Å². The van der Waals surface area contributed by atoms with Gasteiger partial charge in [0.2, 0.25) is 0 Å². The lowest BCUT2D eigenvalue weighted by Crippen LogP contribution is -2.30. The summed E-state index contributed by atoms with van der Waals surface area (Å²) >= 11 is 0. The van der Waals surface area contributed by atoms with E-state index < -0.39 is 0 Å². The van der Waals surface area contributed by atoms with Gasteiger partial charge in [0.1, 0.15) is 5.65 Å². The molecule has 21 heavy (non-hydrogen) atoms. The van der Waals surface area contributed by atoms with Gasteiger partial charge in [-0.2, -0.15) is 0 Å². The molecule has 0 spiro atoms. The highest BCUT2D eigenvalue weighted by Crippen LogP contribution is 2.21. The Hall–Kier alpha value is -1.63. The number of imidazole rings is 1. The van der Waals surface area contributed by atoms with Crippen molar-refractivity contribution in [2.24, 2.45) is 5.73 Å². The van der Waals surface area contributed by atoms with Gasteiger partial charge in [-0.25, -0.2) is 4.98 Å². The molecule has 0 amide bonds. The zero-order chi connectivity index (χ0) is 15.1.